The molecule has 1 aliphatic rings. The molecular formula is C24H35F3N2O2. The van der Waals surface area contributed by atoms with Gasteiger partial charge < -0.3 is 20.5 Å². The first-order chi connectivity index (χ1) is 14.8. The van der Waals surface area contributed by atoms with Crippen LogP contribution in [0.25, 0.3) is 0 Å². The summed E-state index contributed by atoms with van der Waals surface area (Å²) in [7, 11) is 1.39. The molecule has 4 nitrogen and oxygen atoms in total. The molecule has 7 heteroatoms. The van der Waals surface area contributed by atoms with Crippen molar-refractivity contribution < 1.29 is 23.0 Å². The maximum Gasteiger partial charge on any atom is 0.184 e. The van der Waals surface area contributed by atoms with E-state index in [0.717, 1.165) is 37.3 Å². The van der Waals surface area contributed by atoms with Gasteiger partial charge in [0.25, 0.3) is 0 Å². The monoisotopic (exact) mass is 440 g/mol. The molecular weight excluding hydrogens is 405 g/mol. The quantitative estimate of drug-likeness (QED) is 0.437. The maximum absolute atomic E-state index is 14.5. The standard InChI is InChI=1S/C19H21F3N2O.C3H8O.C2H6/c1-4-19(7-8-19)24-17-15(25-3)10-13(21)16(22)18(17)23-14-6-5-11(2)9-12(14)20;1-2-3-4;1-2/h5-6,9-10,23-24H,4,7-8H2,1-3H3;4H,2-3H2,1H3;1-2H3. The first-order valence-electron chi connectivity index (χ1n) is 10.8. The lowest BCUT2D eigenvalue weighted by atomic mass is 10.1. The van der Waals surface area contributed by atoms with Crippen molar-refractivity contribution >= 4 is 17.1 Å². The molecule has 0 radical (unpaired) electrons. The van der Waals surface area contributed by atoms with Gasteiger partial charge in [-0.3, -0.25) is 0 Å². The molecule has 3 rings (SSSR count). The van der Waals surface area contributed by atoms with E-state index in [1.807, 2.05) is 27.7 Å². The summed E-state index contributed by atoms with van der Waals surface area (Å²) in [5.74, 6) is -2.49. The number of aryl methyl sites for hydroxylation is 1. The van der Waals surface area contributed by atoms with Crippen LogP contribution in [0, 0.1) is 24.4 Å². The summed E-state index contributed by atoms with van der Waals surface area (Å²) in [5.41, 5.74) is 0.808. The van der Waals surface area contributed by atoms with E-state index < -0.39 is 17.5 Å². The van der Waals surface area contributed by atoms with Crippen molar-refractivity contribution in [1.29, 1.82) is 0 Å². The zero-order valence-electron chi connectivity index (χ0n) is 19.3. The number of nitrogens with one attached hydrogen (secondary N) is 2. The Labute approximate surface area is 183 Å². The number of benzene rings is 2. The van der Waals surface area contributed by atoms with Gasteiger partial charge in [-0.15, -0.1) is 0 Å². The summed E-state index contributed by atoms with van der Waals surface area (Å²) in [6.45, 7) is 10.0. The number of methoxy groups -OCH3 is 1. The van der Waals surface area contributed by atoms with Crippen molar-refractivity contribution in [3.8, 4) is 5.75 Å². The fraction of sp³-hybridized carbons (Fsp3) is 0.500. The van der Waals surface area contributed by atoms with Gasteiger partial charge in [0.15, 0.2) is 11.6 Å². The van der Waals surface area contributed by atoms with Crippen molar-refractivity contribution in [1.82, 2.24) is 0 Å². The van der Waals surface area contributed by atoms with E-state index in [1.54, 1.807) is 13.0 Å². The van der Waals surface area contributed by atoms with Crippen molar-refractivity contribution in [2.45, 2.75) is 65.8 Å². The number of hydrogen-bond acceptors (Lipinski definition) is 4. The Morgan fingerprint density at radius 3 is 2.10 bits per heavy atom. The topological polar surface area (TPSA) is 53.5 Å². The number of rotatable bonds is 7. The Morgan fingerprint density at radius 2 is 1.65 bits per heavy atom. The van der Waals surface area contributed by atoms with E-state index in [2.05, 4.69) is 10.6 Å². The van der Waals surface area contributed by atoms with Gasteiger partial charge in [-0.05, 0) is 50.3 Å². The highest BCUT2D eigenvalue weighted by Gasteiger charge is 2.42. The normalized spacial score (nSPS) is 13.2. The Morgan fingerprint density at radius 1 is 1.03 bits per heavy atom. The van der Waals surface area contributed by atoms with Gasteiger partial charge in [-0.2, -0.15) is 0 Å². The smallest absolute Gasteiger partial charge is 0.184 e. The minimum Gasteiger partial charge on any atom is -0.494 e. The molecule has 0 atom stereocenters. The van der Waals surface area contributed by atoms with Crippen LogP contribution >= 0.6 is 0 Å². The average molecular weight is 441 g/mol. The molecule has 0 aliphatic heterocycles. The van der Waals surface area contributed by atoms with Crippen LogP contribution in [0.15, 0.2) is 24.3 Å². The number of halogens is 3. The SMILES string of the molecule is CC.CCC1(Nc2c(OC)cc(F)c(F)c2Nc2ccc(C)cc2F)CC1.CCCO. The Hall–Kier alpha value is -2.41. The Bertz CT molecular complexity index is 838. The van der Waals surface area contributed by atoms with Crippen molar-refractivity contribution in [3.05, 3.63) is 47.3 Å². The number of ether oxygens (including phenoxy) is 1. The van der Waals surface area contributed by atoms with E-state index in [9.17, 15) is 13.2 Å². The molecule has 0 spiro atoms. The van der Waals surface area contributed by atoms with E-state index in [-0.39, 0.29) is 22.7 Å². The summed E-state index contributed by atoms with van der Waals surface area (Å²) in [4.78, 5) is 0. The van der Waals surface area contributed by atoms with E-state index >= 15 is 0 Å². The van der Waals surface area contributed by atoms with Crippen LogP contribution in [-0.4, -0.2) is 24.4 Å². The second-order valence-corrected chi connectivity index (χ2v) is 7.22. The first-order valence-corrected chi connectivity index (χ1v) is 10.8. The predicted octanol–water partition coefficient (Wildman–Crippen LogP) is 6.93. The number of aliphatic hydroxyl groups excluding tert-OH is 1. The van der Waals surface area contributed by atoms with E-state index in [1.165, 1.54) is 19.2 Å². The molecule has 1 aliphatic carbocycles. The summed E-state index contributed by atoms with van der Waals surface area (Å²) < 4.78 is 47.9. The molecule has 0 bridgehead atoms. The zero-order valence-corrected chi connectivity index (χ0v) is 19.3. The second-order valence-electron chi connectivity index (χ2n) is 7.22. The van der Waals surface area contributed by atoms with Crippen molar-refractivity contribution in [3.63, 3.8) is 0 Å². The largest absolute Gasteiger partial charge is 0.494 e. The Balaban J connectivity index is 0.000000720. The molecule has 1 saturated carbocycles. The minimum atomic E-state index is -1.07. The molecule has 3 N–H and O–H groups in total. The molecule has 174 valence electrons. The highest BCUT2D eigenvalue weighted by atomic mass is 19.2. The van der Waals surface area contributed by atoms with E-state index in [0.29, 0.717) is 12.3 Å². The Kier molecular flexibility index (Phi) is 10.7. The van der Waals surface area contributed by atoms with Gasteiger partial charge in [0.2, 0.25) is 0 Å². The molecule has 1 fully saturated rings. The molecule has 2 aromatic rings. The van der Waals surface area contributed by atoms with Gasteiger partial charge in [0, 0.05) is 18.2 Å². The fourth-order valence-corrected chi connectivity index (χ4v) is 2.84. The van der Waals surface area contributed by atoms with Gasteiger partial charge >= 0.3 is 0 Å². The van der Waals surface area contributed by atoms with Crippen molar-refractivity contribution in [2.24, 2.45) is 0 Å². The third-order valence-corrected chi connectivity index (χ3v) is 4.93. The third kappa shape index (κ3) is 7.06. The highest BCUT2D eigenvalue weighted by Crippen LogP contribution is 2.47. The molecule has 0 unspecified atom stereocenters. The van der Waals surface area contributed by atoms with E-state index in [4.69, 9.17) is 9.84 Å². The number of aliphatic hydroxyl groups is 1. The van der Waals surface area contributed by atoms with Crippen LogP contribution in [0.3, 0.4) is 0 Å². The lowest BCUT2D eigenvalue weighted by Crippen LogP contribution is -2.21. The number of anilines is 3. The lowest BCUT2D eigenvalue weighted by Gasteiger charge is -2.23. The van der Waals surface area contributed by atoms with Gasteiger partial charge in [0.1, 0.15) is 22.9 Å². The third-order valence-electron chi connectivity index (χ3n) is 4.93. The molecule has 31 heavy (non-hydrogen) atoms. The summed E-state index contributed by atoms with van der Waals surface area (Å²) in [5, 5.41) is 13.8. The zero-order chi connectivity index (χ0) is 23.6. The summed E-state index contributed by atoms with van der Waals surface area (Å²) in [6, 6.07) is 5.53. The van der Waals surface area contributed by atoms with Crippen LogP contribution in [0.1, 0.15) is 58.9 Å². The number of hydrogen-bond donors (Lipinski definition) is 3. The molecule has 0 aromatic heterocycles. The second kappa shape index (κ2) is 12.4. The molecule has 0 amide bonds. The van der Waals surface area contributed by atoms with Gasteiger partial charge in [-0.25, -0.2) is 13.2 Å². The van der Waals surface area contributed by atoms with Crippen molar-refractivity contribution in [2.75, 3.05) is 24.4 Å². The first kappa shape index (κ1) is 26.6. The average Bonchev–Trinajstić information content (AvgIpc) is 3.56. The molecule has 0 heterocycles. The maximum atomic E-state index is 14.5. The molecule has 0 saturated heterocycles. The summed E-state index contributed by atoms with van der Waals surface area (Å²) in [6.07, 6.45) is 3.58. The minimum absolute atomic E-state index is 0.0709. The van der Waals surface area contributed by atoms with Crippen LogP contribution in [0.2, 0.25) is 0 Å². The molecule has 2 aromatic carbocycles. The van der Waals surface area contributed by atoms with Crippen LogP contribution < -0.4 is 15.4 Å². The van der Waals surface area contributed by atoms with Gasteiger partial charge in [-0.1, -0.05) is 33.8 Å². The summed E-state index contributed by atoms with van der Waals surface area (Å²) >= 11 is 0. The van der Waals surface area contributed by atoms with Crippen LogP contribution in [0.5, 0.6) is 5.75 Å². The van der Waals surface area contributed by atoms with Crippen LogP contribution in [-0.2, 0) is 0 Å². The lowest BCUT2D eigenvalue weighted by molar-refractivity contribution is 0.295. The van der Waals surface area contributed by atoms with Crippen LogP contribution in [0.4, 0.5) is 30.2 Å². The highest BCUT2D eigenvalue weighted by molar-refractivity contribution is 5.81. The fourth-order valence-electron chi connectivity index (χ4n) is 2.84. The van der Waals surface area contributed by atoms with Gasteiger partial charge in [0.05, 0.1) is 12.8 Å². The predicted molar refractivity (Wildman–Crippen MR) is 122 cm³/mol.